The van der Waals surface area contributed by atoms with Crippen LogP contribution < -0.4 is 11.2 Å². The first kappa shape index (κ1) is 23.3. The van der Waals surface area contributed by atoms with Gasteiger partial charge >= 0.3 is 5.69 Å². The predicted octanol–water partition coefficient (Wildman–Crippen LogP) is 3.98. The van der Waals surface area contributed by atoms with E-state index in [4.69, 9.17) is 0 Å². The molecule has 3 aromatic carbocycles. The van der Waals surface area contributed by atoms with Gasteiger partial charge < -0.3 is 9.67 Å². The minimum absolute atomic E-state index is 0.0817. The molecular weight excluding hydrogens is 428 g/mol. The molecular formula is C27H28N4O3. The van der Waals surface area contributed by atoms with Gasteiger partial charge in [0, 0.05) is 6.42 Å². The molecule has 34 heavy (non-hydrogen) atoms. The van der Waals surface area contributed by atoms with E-state index < -0.39 is 17.4 Å². The van der Waals surface area contributed by atoms with E-state index in [-0.39, 0.29) is 18.1 Å². The van der Waals surface area contributed by atoms with Gasteiger partial charge in [0.1, 0.15) is 0 Å². The fourth-order valence-corrected chi connectivity index (χ4v) is 4.15. The Morgan fingerprint density at radius 1 is 0.941 bits per heavy atom. The maximum Gasteiger partial charge on any atom is 0.349 e. The number of H-pyrrole nitrogens is 1. The lowest BCUT2D eigenvalue weighted by atomic mass is 10.0. The molecule has 2 N–H and O–H groups in total. The van der Waals surface area contributed by atoms with E-state index in [1.807, 2.05) is 70.2 Å². The molecule has 0 aromatic heterocycles. The summed E-state index contributed by atoms with van der Waals surface area (Å²) in [4.78, 5) is 35.0. The van der Waals surface area contributed by atoms with Crippen LogP contribution in [0.25, 0.3) is 33.3 Å². The van der Waals surface area contributed by atoms with Gasteiger partial charge in [-0.25, -0.2) is 9.78 Å². The van der Waals surface area contributed by atoms with Crippen LogP contribution in [0, 0.1) is 13.8 Å². The number of benzene rings is 3. The van der Waals surface area contributed by atoms with Gasteiger partial charge in [-0.1, -0.05) is 56.3 Å². The van der Waals surface area contributed by atoms with Crippen LogP contribution in [-0.2, 0) is 13.0 Å². The summed E-state index contributed by atoms with van der Waals surface area (Å²) >= 11 is 0. The van der Waals surface area contributed by atoms with E-state index >= 15 is 0 Å². The monoisotopic (exact) mass is 456 g/mol. The Bertz CT molecular complexity index is 1570. The van der Waals surface area contributed by atoms with Gasteiger partial charge in [0.25, 0.3) is 5.56 Å². The van der Waals surface area contributed by atoms with Crippen LogP contribution in [0.2, 0.25) is 0 Å². The summed E-state index contributed by atoms with van der Waals surface area (Å²) < 4.78 is 1.73. The third kappa shape index (κ3) is 4.47. The Morgan fingerprint density at radius 3 is 2.41 bits per heavy atom. The fraction of sp³-hybridized carbons (Fsp3) is 0.259. The van der Waals surface area contributed by atoms with Gasteiger partial charge in [-0.2, -0.15) is 4.98 Å². The standard InChI is InChI=1S/C25H22N4O3.C2H6/c1-14-9-20-21(10-15(14)2)29(23-22(26-20)24(31)28-25(32)27-23)13-19(30)12-16-7-8-17-5-3-4-6-18(17)11-16;1-2/h3-11,19,30H,12-13H2,1-2H3,(H,28,31,32);1-2H3. The first-order valence-electron chi connectivity index (χ1n) is 11.5. The van der Waals surface area contributed by atoms with E-state index in [2.05, 4.69) is 27.1 Å². The molecule has 0 amide bonds. The molecule has 174 valence electrons. The Balaban J connectivity index is 0.00000133. The van der Waals surface area contributed by atoms with Crippen LogP contribution >= 0.6 is 0 Å². The quantitative estimate of drug-likeness (QED) is 0.398. The molecule has 0 bridgehead atoms. The summed E-state index contributed by atoms with van der Waals surface area (Å²) in [5, 5.41) is 13.2. The predicted molar refractivity (Wildman–Crippen MR) is 136 cm³/mol. The van der Waals surface area contributed by atoms with Gasteiger partial charge in [-0.15, -0.1) is 0 Å². The van der Waals surface area contributed by atoms with Gasteiger partial charge in [0.2, 0.25) is 0 Å². The number of hydrogen-bond acceptors (Lipinski definition) is 5. The third-order valence-electron chi connectivity index (χ3n) is 5.90. The molecule has 0 saturated carbocycles. The number of fused-ring (bicyclic) bond motifs is 3. The number of aliphatic hydroxyl groups excluding tert-OH is 1. The van der Waals surface area contributed by atoms with Crippen molar-refractivity contribution in [2.45, 2.75) is 46.8 Å². The summed E-state index contributed by atoms with van der Waals surface area (Å²) in [6.07, 6.45) is -0.339. The molecule has 5 rings (SSSR count). The molecule has 1 atom stereocenters. The van der Waals surface area contributed by atoms with Gasteiger partial charge in [0.05, 0.1) is 23.7 Å². The number of hydrogen-bond donors (Lipinski definition) is 2. The summed E-state index contributed by atoms with van der Waals surface area (Å²) in [5.41, 5.74) is 3.18. The van der Waals surface area contributed by atoms with Crippen LogP contribution in [0.3, 0.4) is 0 Å². The van der Waals surface area contributed by atoms with Gasteiger partial charge in [0.15, 0.2) is 11.5 Å². The van der Waals surface area contributed by atoms with Crippen molar-refractivity contribution in [3.05, 3.63) is 92.1 Å². The average Bonchev–Trinajstić information content (AvgIpc) is 2.82. The van der Waals surface area contributed by atoms with Crippen molar-refractivity contribution in [1.29, 1.82) is 0 Å². The van der Waals surface area contributed by atoms with Gasteiger partial charge in [-0.3, -0.25) is 9.78 Å². The minimum Gasteiger partial charge on any atom is -0.391 e. The molecule has 0 saturated heterocycles. The highest BCUT2D eigenvalue weighted by Crippen LogP contribution is 2.25. The number of rotatable bonds is 4. The maximum absolute atomic E-state index is 12.4. The van der Waals surface area contributed by atoms with Crippen molar-refractivity contribution in [3.8, 4) is 11.5 Å². The lowest BCUT2D eigenvalue weighted by Gasteiger charge is -2.20. The molecule has 2 aliphatic rings. The highest BCUT2D eigenvalue weighted by Gasteiger charge is 2.21. The van der Waals surface area contributed by atoms with E-state index in [0.29, 0.717) is 11.9 Å². The van der Waals surface area contributed by atoms with Crippen molar-refractivity contribution in [2.75, 3.05) is 0 Å². The molecule has 7 heteroatoms. The van der Waals surface area contributed by atoms with Crippen LogP contribution in [0.15, 0.2) is 64.2 Å². The lowest BCUT2D eigenvalue weighted by Crippen LogP contribution is -2.30. The summed E-state index contributed by atoms with van der Waals surface area (Å²) in [5.74, 6) is 0.173. The Hall–Kier alpha value is -3.84. The summed E-state index contributed by atoms with van der Waals surface area (Å²) in [6.45, 7) is 8.13. The van der Waals surface area contributed by atoms with Crippen molar-refractivity contribution in [2.24, 2.45) is 0 Å². The number of nitrogens with one attached hydrogen (secondary N) is 1. The third-order valence-corrected chi connectivity index (χ3v) is 5.90. The summed E-state index contributed by atoms with van der Waals surface area (Å²) in [7, 11) is 0. The van der Waals surface area contributed by atoms with Crippen molar-refractivity contribution in [3.63, 3.8) is 0 Å². The van der Waals surface area contributed by atoms with Crippen molar-refractivity contribution in [1.82, 2.24) is 19.5 Å². The molecule has 0 spiro atoms. The normalized spacial score (nSPS) is 12.0. The molecule has 0 radical (unpaired) electrons. The molecule has 3 aromatic rings. The highest BCUT2D eigenvalue weighted by atomic mass is 16.3. The van der Waals surface area contributed by atoms with E-state index in [0.717, 1.165) is 33.0 Å². The van der Waals surface area contributed by atoms with Crippen LogP contribution in [-0.4, -0.2) is 30.7 Å². The smallest absolute Gasteiger partial charge is 0.349 e. The SMILES string of the molecule is CC.Cc1cc2nc3c(=O)[nH]c(=O)nc-3n(CC(O)Cc3ccc4ccccc4c3)c2cc1C. The topological polar surface area (TPSA) is 101 Å². The van der Waals surface area contributed by atoms with Gasteiger partial charge in [-0.05, 0) is 53.4 Å². The van der Waals surface area contributed by atoms with Crippen molar-refractivity contribution >= 4 is 21.8 Å². The molecule has 0 aliphatic carbocycles. The largest absolute Gasteiger partial charge is 0.391 e. The van der Waals surface area contributed by atoms with Crippen LogP contribution in [0.1, 0.15) is 30.5 Å². The minimum atomic E-state index is -0.757. The zero-order chi connectivity index (χ0) is 24.4. The first-order chi connectivity index (χ1) is 16.4. The first-order valence-corrected chi connectivity index (χ1v) is 11.5. The molecule has 7 nitrogen and oxygen atoms in total. The number of aryl methyl sites for hydroxylation is 2. The molecule has 0 fully saturated rings. The van der Waals surface area contributed by atoms with E-state index in [9.17, 15) is 14.7 Å². The van der Waals surface area contributed by atoms with Crippen LogP contribution in [0.4, 0.5) is 0 Å². The lowest BCUT2D eigenvalue weighted by molar-refractivity contribution is 0.156. The number of aromatic nitrogens is 4. The van der Waals surface area contributed by atoms with Crippen LogP contribution in [0.5, 0.6) is 0 Å². The Labute approximate surface area is 197 Å². The van der Waals surface area contributed by atoms with E-state index in [1.54, 1.807) is 4.57 Å². The number of nitrogens with zero attached hydrogens (tertiary/aromatic N) is 3. The summed E-state index contributed by atoms with van der Waals surface area (Å²) in [6, 6.07) is 18.0. The zero-order valence-corrected chi connectivity index (χ0v) is 19.8. The highest BCUT2D eigenvalue weighted by molar-refractivity contribution is 5.83. The maximum atomic E-state index is 12.4. The second kappa shape index (κ2) is 9.57. The zero-order valence-electron chi connectivity index (χ0n) is 19.8. The number of aromatic amines is 1. The molecule has 2 aliphatic heterocycles. The average molecular weight is 457 g/mol. The Morgan fingerprint density at radius 2 is 1.65 bits per heavy atom. The number of aliphatic hydroxyl groups is 1. The fourth-order valence-electron chi connectivity index (χ4n) is 4.15. The Kier molecular flexibility index (Phi) is 6.56. The second-order valence-electron chi connectivity index (χ2n) is 8.23. The second-order valence-corrected chi connectivity index (χ2v) is 8.23. The van der Waals surface area contributed by atoms with E-state index in [1.165, 1.54) is 0 Å². The molecule has 2 heterocycles. The molecule has 1 unspecified atom stereocenters. The van der Waals surface area contributed by atoms with Crippen molar-refractivity contribution < 1.29 is 5.11 Å².